The van der Waals surface area contributed by atoms with Crippen LogP contribution >= 0.6 is 27.5 Å². The van der Waals surface area contributed by atoms with Gasteiger partial charge in [0.15, 0.2) is 0 Å². The van der Waals surface area contributed by atoms with Gasteiger partial charge in [-0.05, 0) is 30.3 Å². The summed E-state index contributed by atoms with van der Waals surface area (Å²) >= 11 is 4.54. The van der Waals surface area contributed by atoms with Gasteiger partial charge in [-0.3, -0.25) is 4.79 Å². The van der Waals surface area contributed by atoms with Gasteiger partial charge in [-0.2, -0.15) is 0 Å². The summed E-state index contributed by atoms with van der Waals surface area (Å²) in [4.78, 5) is 23.7. The molecule has 3 aromatic rings. The molecule has 0 amide bonds. The van der Waals surface area contributed by atoms with Crippen LogP contribution < -0.4 is 5.56 Å². The molecule has 0 atom stereocenters. The van der Waals surface area contributed by atoms with E-state index >= 15 is 0 Å². The molecule has 20 heavy (non-hydrogen) atoms. The lowest BCUT2D eigenvalue weighted by atomic mass is 10.2. The lowest BCUT2D eigenvalue weighted by molar-refractivity contribution is 0.0697. The van der Waals surface area contributed by atoms with E-state index in [1.807, 2.05) is 12.1 Å². The third-order valence-corrected chi connectivity index (χ3v) is 4.49. The molecule has 0 radical (unpaired) electrons. The summed E-state index contributed by atoms with van der Waals surface area (Å²) in [6.45, 7) is 0. The van der Waals surface area contributed by atoms with Gasteiger partial charge in [0, 0.05) is 4.47 Å². The minimum atomic E-state index is -1.06. The first kappa shape index (κ1) is 13.1. The van der Waals surface area contributed by atoms with Crippen LogP contribution in [0.5, 0.6) is 0 Å². The molecule has 1 heterocycles. The van der Waals surface area contributed by atoms with E-state index in [9.17, 15) is 14.7 Å². The first-order valence-corrected chi connectivity index (χ1v) is 7.29. The zero-order chi connectivity index (χ0) is 14.3. The topological polar surface area (TPSA) is 59.3 Å². The standard InChI is InChI=1S/C14H8BrNO3S/c15-8-5-6-9(14(18)19)11(7-8)16-13(17)10-3-1-2-4-12(10)20-16/h1-7H,(H,18,19). The molecule has 0 aliphatic rings. The number of fused-ring (bicyclic) bond motifs is 1. The van der Waals surface area contributed by atoms with Gasteiger partial charge < -0.3 is 5.11 Å². The third kappa shape index (κ3) is 2.07. The lowest BCUT2D eigenvalue weighted by Crippen LogP contribution is -2.14. The van der Waals surface area contributed by atoms with Gasteiger partial charge in [0.25, 0.3) is 5.56 Å². The summed E-state index contributed by atoms with van der Waals surface area (Å²) in [7, 11) is 0. The number of aromatic nitrogens is 1. The molecule has 1 N–H and O–H groups in total. The van der Waals surface area contributed by atoms with Crippen LogP contribution in [0.1, 0.15) is 10.4 Å². The predicted molar refractivity (Wildman–Crippen MR) is 82.1 cm³/mol. The van der Waals surface area contributed by atoms with Crippen molar-refractivity contribution in [3.8, 4) is 5.69 Å². The maximum atomic E-state index is 12.4. The van der Waals surface area contributed by atoms with Gasteiger partial charge in [-0.1, -0.05) is 39.6 Å². The zero-order valence-corrected chi connectivity index (χ0v) is 12.4. The van der Waals surface area contributed by atoms with Gasteiger partial charge >= 0.3 is 5.97 Å². The summed E-state index contributed by atoms with van der Waals surface area (Å²) in [5.74, 6) is -1.06. The van der Waals surface area contributed by atoms with Gasteiger partial charge in [-0.15, -0.1) is 0 Å². The molecule has 0 saturated carbocycles. The van der Waals surface area contributed by atoms with Crippen molar-refractivity contribution in [2.24, 2.45) is 0 Å². The molecule has 0 aliphatic carbocycles. The average molecular weight is 350 g/mol. The quantitative estimate of drug-likeness (QED) is 0.769. The van der Waals surface area contributed by atoms with Crippen LogP contribution in [0.2, 0.25) is 0 Å². The van der Waals surface area contributed by atoms with Crippen LogP contribution in [0.3, 0.4) is 0 Å². The molecular formula is C14H8BrNO3S. The highest BCUT2D eigenvalue weighted by Gasteiger charge is 2.16. The summed E-state index contributed by atoms with van der Waals surface area (Å²) in [6, 6.07) is 12.0. The fraction of sp³-hybridized carbons (Fsp3) is 0. The molecule has 1 aromatic heterocycles. The van der Waals surface area contributed by atoms with E-state index in [1.54, 1.807) is 24.3 Å². The maximum Gasteiger partial charge on any atom is 0.337 e. The number of aromatic carboxylic acids is 1. The van der Waals surface area contributed by atoms with Gasteiger partial charge in [0.1, 0.15) is 0 Å². The summed E-state index contributed by atoms with van der Waals surface area (Å²) in [5.41, 5.74) is 0.270. The minimum Gasteiger partial charge on any atom is -0.478 e. The van der Waals surface area contributed by atoms with Crippen LogP contribution in [0, 0.1) is 0 Å². The van der Waals surface area contributed by atoms with Crippen molar-refractivity contribution in [2.45, 2.75) is 0 Å². The average Bonchev–Trinajstić information content (AvgIpc) is 2.76. The monoisotopic (exact) mass is 349 g/mol. The molecule has 6 heteroatoms. The van der Waals surface area contributed by atoms with Crippen LogP contribution in [0.25, 0.3) is 15.8 Å². The van der Waals surface area contributed by atoms with Crippen molar-refractivity contribution in [3.05, 3.63) is 62.9 Å². The number of carbonyl (C=O) groups is 1. The lowest BCUT2D eigenvalue weighted by Gasteiger charge is -2.05. The van der Waals surface area contributed by atoms with E-state index in [2.05, 4.69) is 15.9 Å². The van der Waals surface area contributed by atoms with E-state index < -0.39 is 5.97 Å². The van der Waals surface area contributed by atoms with Crippen LogP contribution in [0.4, 0.5) is 0 Å². The van der Waals surface area contributed by atoms with Crippen molar-refractivity contribution < 1.29 is 9.90 Å². The largest absolute Gasteiger partial charge is 0.478 e. The van der Waals surface area contributed by atoms with Crippen molar-refractivity contribution in [2.75, 3.05) is 0 Å². The maximum absolute atomic E-state index is 12.4. The molecule has 0 spiro atoms. The molecule has 0 unspecified atom stereocenters. The van der Waals surface area contributed by atoms with Gasteiger partial charge in [-0.25, -0.2) is 8.75 Å². The Labute approximate surface area is 126 Å². The number of benzene rings is 2. The Balaban J connectivity index is 2.36. The first-order valence-electron chi connectivity index (χ1n) is 5.72. The molecular weight excluding hydrogens is 342 g/mol. The summed E-state index contributed by atoms with van der Waals surface area (Å²) in [5, 5.41) is 9.85. The number of rotatable bonds is 2. The van der Waals surface area contributed by atoms with Crippen LogP contribution in [-0.4, -0.2) is 15.0 Å². The second kappa shape index (κ2) is 4.88. The van der Waals surface area contributed by atoms with E-state index in [0.717, 1.165) is 9.17 Å². The normalized spacial score (nSPS) is 10.8. The molecule has 0 bridgehead atoms. The number of carboxylic acids is 1. The van der Waals surface area contributed by atoms with Gasteiger partial charge in [0.2, 0.25) is 0 Å². The fourth-order valence-corrected chi connectivity index (χ4v) is 3.35. The Morgan fingerprint density at radius 1 is 1.20 bits per heavy atom. The Bertz CT molecular complexity index is 882. The van der Waals surface area contributed by atoms with Crippen molar-refractivity contribution in [3.63, 3.8) is 0 Å². The van der Waals surface area contributed by atoms with E-state index in [1.165, 1.54) is 21.6 Å². The minimum absolute atomic E-state index is 0.0989. The van der Waals surface area contributed by atoms with E-state index in [0.29, 0.717) is 11.1 Å². The smallest absolute Gasteiger partial charge is 0.337 e. The van der Waals surface area contributed by atoms with Crippen molar-refractivity contribution in [1.82, 2.24) is 3.96 Å². The molecule has 0 fully saturated rings. The molecule has 4 nitrogen and oxygen atoms in total. The Morgan fingerprint density at radius 3 is 2.65 bits per heavy atom. The Morgan fingerprint density at radius 2 is 1.95 bits per heavy atom. The highest BCUT2D eigenvalue weighted by molar-refractivity contribution is 9.10. The predicted octanol–water partition coefficient (Wildman–Crippen LogP) is 3.51. The zero-order valence-electron chi connectivity index (χ0n) is 10.0. The summed E-state index contributed by atoms with van der Waals surface area (Å²) in [6.07, 6.45) is 0. The Hall–Kier alpha value is -1.92. The van der Waals surface area contributed by atoms with Crippen LogP contribution in [0.15, 0.2) is 51.7 Å². The highest BCUT2D eigenvalue weighted by atomic mass is 79.9. The SMILES string of the molecule is O=C(O)c1ccc(Br)cc1-n1sc2ccccc2c1=O. The number of carboxylic acid groups (broad SMARTS) is 1. The number of nitrogens with zero attached hydrogens (tertiary/aromatic N) is 1. The molecule has 0 saturated heterocycles. The van der Waals surface area contributed by atoms with Crippen LogP contribution in [-0.2, 0) is 0 Å². The third-order valence-electron chi connectivity index (χ3n) is 2.90. The second-order valence-corrected chi connectivity index (χ2v) is 6.06. The summed E-state index contributed by atoms with van der Waals surface area (Å²) < 4.78 is 2.97. The number of hydrogen-bond donors (Lipinski definition) is 1. The van der Waals surface area contributed by atoms with E-state index in [-0.39, 0.29) is 11.1 Å². The van der Waals surface area contributed by atoms with Crippen molar-refractivity contribution >= 4 is 43.5 Å². The fourth-order valence-electron chi connectivity index (χ4n) is 1.98. The molecule has 3 rings (SSSR count). The van der Waals surface area contributed by atoms with Gasteiger partial charge in [0.05, 0.1) is 21.3 Å². The molecule has 2 aromatic carbocycles. The highest BCUT2D eigenvalue weighted by Crippen LogP contribution is 2.25. The Kier molecular flexibility index (Phi) is 3.19. The second-order valence-electron chi connectivity index (χ2n) is 4.15. The first-order chi connectivity index (χ1) is 9.58. The van der Waals surface area contributed by atoms with Crippen molar-refractivity contribution in [1.29, 1.82) is 0 Å². The molecule has 0 aliphatic heterocycles. The van der Waals surface area contributed by atoms with E-state index in [4.69, 9.17) is 0 Å². The number of halogens is 1. The molecule has 100 valence electrons. The number of hydrogen-bond acceptors (Lipinski definition) is 3.